The van der Waals surface area contributed by atoms with Gasteiger partial charge in [-0.25, -0.2) is 4.79 Å². The Labute approximate surface area is 143 Å². The van der Waals surface area contributed by atoms with E-state index in [4.69, 9.17) is 4.74 Å². The lowest BCUT2D eigenvalue weighted by Gasteiger charge is -2.23. The number of hydrogen-bond donors (Lipinski definition) is 1. The van der Waals surface area contributed by atoms with Crippen LogP contribution >= 0.6 is 15.9 Å². The molecule has 1 saturated heterocycles. The summed E-state index contributed by atoms with van der Waals surface area (Å²) < 4.78 is 5.96. The third-order valence-electron chi connectivity index (χ3n) is 3.38. The van der Waals surface area contributed by atoms with Crippen LogP contribution in [0.1, 0.15) is 33.3 Å². The summed E-state index contributed by atoms with van der Waals surface area (Å²) >= 11 is 3.35. The van der Waals surface area contributed by atoms with E-state index in [0.717, 1.165) is 9.37 Å². The lowest BCUT2D eigenvalue weighted by molar-refractivity contribution is -0.157. The van der Waals surface area contributed by atoms with Crippen LogP contribution in [-0.4, -0.2) is 35.0 Å². The number of amides is 3. The molecule has 1 atom stereocenters. The van der Waals surface area contributed by atoms with Gasteiger partial charge in [0.25, 0.3) is 5.91 Å². The molecule has 0 saturated carbocycles. The molecule has 0 unspecified atom stereocenters. The van der Waals surface area contributed by atoms with Crippen molar-refractivity contribution in [2.45, 2.75) is 38.8 Å². The van der Waals surface area contributed by atoms with Gasteiger partial charge in [-0.3, -0.25) is 14.5 Å². The van der Waals surface area contributed by atoms with Gasteiger partial charge in [-0.15, -0.1) is 0 Å². The number of esters is 1. The van der Waals surface area contributed by atoms with Gasteiger partial charge < -0.3 is 10.1 Å². The topological polar surface area (TPSA) is 75.7 Å². The number of carbonyl (C=O) groups is 3. The number of nitrogens with one attached hydrogen (secondary N) is 1. The first-order valence-electron chi connectivity index (χ1n) is 7.15. The Morgan fingerprint density at radius 2 is 2.00 bits per heavy atom. The summed E-state index contributed by atoms with van der Waals surface area (Å²) in [4.78, 5) is 37.6. The molecule has 124 valence electrons. The van der Waals surface area contributed by atoms with Gasteiger partial charge in [-0.1, -0.05) is 28.1 Å². The highest BCUT2D eigenvalue weighted by Crippen LogP contribution is 2.30. The third-order valence-corrected chi connectivity index (χ3v) is 3.88. The minimum Gasteiger partial charge on any atom is -0.459 e. The van der Waals surface area contributed by atoms with E-state index in [2.05, 4.69) is 21.2 Å². The molecule has 0 radical (unpaired) electrons. The summed E-state index contributed by atoms with van der Waals surface area (Å²) in [6.07, 6.45) is 0. The minimum atomic E-state index is -1.21. The minimum absolute atomic E-state index is 0.411. The predicted octanol–water partition coefficient (Wildman–Crippen LogP) is 2.56. The second kappa shape index (κ2) is 5.96. The number of carbonyl (C=O) groups excluding carboxylic acids is 3. The molecule has 0 aliphatic carbocycles. The Hall–Kier alpha value is -1.89. The number of ether oxygens (including phenoxy) is 1. The standard InChI is InChI=1S/C16H19BrN2O4/c1-15(2,3)23-12(20)9-19-13(21)16(4,18-14(19)22)10-6-5-7-11(17)8-10/h5-8H,9H2,1-4H3,(H,18,22)/t16-/m1/s1. The zero-order chi connectivity index (χ0) is 17.4. The number of hydrogen-bond acceptors (Lipinski definition) is 4. The summed E-state index contributed by atoms with van der Waals surface area (Å²) in [7, 11) is 0. The van der Waals surface area contributed by atoms with Gasteiger partial charge in [0.2, 0.25) is 0 Å². The maximum atomic E-state index is 12.7. The monoisotopic (exact) mass is 382 g/mol. The Balaban J connectivity index is 2.21. The van der Waals surface area contributed by atoms with Crippen LogP contribution in [0.5, 0.6) is 0 Å². The first-order valence-corrected chi connectivity index (χ1v) is 7.94. The fourth-order valence-corrected chi connectivity index (χ4v) is 2.74. The third kappa shape index (κ3) is 3.72. The molecule has 6 nitrogen and oxygen atoms in total. The summed E-state index contributed by atoms with van der Waals surface area (Å²) in [6.45, 7) is 6.38. The second-order valence-corrected chi connectivity index (χ2v) is 7.46. The number of halogens is 1. The molecule has 7 heteroatoms. The van der Waals surface area contributed by atoms with Crippen molar-refractivity contribution in [3.8, 4) is 0 Å². The van der Waals surface area contributed by atoms with Crippen molar-refractivity contribution in [1.29, 1.82) is 0 Å². The molecular weight excluding hydrogens is 364 g/mol. The van der Waals surface area contributed by atoms with Crippen molar-refractivity contribution >= 4 is 33.8 Å². The van der Waals surface area contributed by atoms with E-state index >= 15 is 0 Å². The molecule has 23 heavy (non-hydrogen) atoms. The van der Waals surface area contributed by atoms with Gasteiger partial charge in [0.05, 0.1) is 0 Å². The van der Waals surface area contributed by atoms with Gasteiger partial charge in [-0.05, 0) is 45.4 Å². The van der Waals surface area contributed by atoms with E-state index in [-0.39, 0.29) is 0 Å². The molecule has 2 rings (SSSR count). The smallest absolute Gasteiger partial charge is 0.326 e. The molecule has 1 N–H and O–H groups in total. The Bertz CT molecular complexity index is 668. The fraction of sp³-hybridized carbons (Fsp3) is 0.438. The van der Waals surface area contributed by atoms with Gasteiger partial charge in [0.1, 0.15) is 17.7 Å². The largest absolute Gasteiger partial charge is 0.459 e. The van der Waals surface area contributed by atoms with Crippen LogP contribution in [0.15, 0.2) is 28.7 Å². The van der Waals surface area contributed by atoms with E-state index in [9.17, 15) is 14.4 Å². The first kappa shape index (κ1) is 17.5. The molecule has 0 spiro atoms. The zero-order valence-electron chi connectivity index (χ0n) is 13.5. The molecule has 1 fully saturated rings. The van der Waals surface area contributed by atoms with Crippen LogP contribution in [0.4, 0.5) is 4.79 Å². The molecule has 3 amide bonds. The number of rotatable bonds is 3. The molecule has 1 heterocycles. The van der Waals surface area contributed by atoms with Gasteiger partial charge >= 0.3 is 12.0 Å². The second-order valence-electron chi connectivity index (χ2n) is 6.54. The Morgan fingerprint density at radius 1 is 1.35 bits per heavy atom. The van der Waals surface area contributed by atoms with Crippen LogP contribution < -0.4 is 5.32 Å². The Kier molecular flexibility index (Phi) is 4.52. The Morgan fingerprint density at radius 3 is 2.57 bits per heavy atom. The van der Waals surface area contributed by atoms with Gasteiger partial charge in [-0.2, -0.15) is 0 Å². The zero-order valence-corrected chi connectivity index (χ0v) is 15.1. The van der Waals surface area contributed by atoms with Crippen LogP contribution in [0.2, 0.25) is 0 Å². The van der Waals surface area contributed by atoms with Crippen molar-refractivity contribution in [3.05, 3.63) is 34.3 Å². The van der Waals surface area contributed by atoms with E-state index < -0.39 is 35.6 Å². The van der Waals surface area contributed by atoms with Crippen molar-refractivity contribution in [2.24, 2.45) is 0 Å². The number of nitrogens with zero attached hydrogens (tertiary/aromatic N) is 1. The molecule has 1 aromatic rings. The van der Waals surface area contributed by atoms with E-state index in [1.807, 2.05) is 6.07 Å². The fourth-order valence-electron chi connectivity index (χ4n) is 2.34. The maximum Gasteiger partial charge on any atom is 0.326 e. The molecule has 1 aliphatic rings. The van der Waals surface area contributed by atoms with Crippen molar-refractivity contribution in [3.63, 3.8) is 0 Å². The van der Waals surface area contributed by atoms with Crippen molar-refractivity contribution in [1.82, 2.24) is 10.2 Å². The molecule has 1 aliphatic heterocycles. The van der Waals surface area contributed by atoms with Crippen molar-refractivity contribution < 1.29 is 19.1 Å². The number of urea groups is 1. The predicted molar refractivity (Wildman–Crippen MR) is 87.6 cm³/mol. The number of imide groups is 1. The summed E-state index contributed by atoms with van der Waals surface area (Å²) in [5.74, 6) is -1.11. The highest BCUT2D eigenvalue weighted by molar-refractivity contribution is 9.10. The molecule has 0 bridgehead atoms. The van der Waals surface area contributed by atoms with Crippen LogP contribution in [0.25, 0.3) is 0 Å². The SMILES string of the molecule is CC(C)(C)OC(=O)CN1C(=O)N[C@](C)(c2cccc(Br)c2)C1=O. The quantitative estimate of drug-likeness (QED) is 0.643. The summed E-state index contributed by atoms with van der Waals surface area (Å²) in [5, 5.41) is 2.65. The summed E-state index contributed by atoms with van der Waals surface area (Å²) in [6, 6.07) is 6.51. The normalized spacial score (nSPS) is 21.3. The average Bonchev–Trinajstić information content (AvgIpc) is 2.61. The van der Waals surface area contributed by atoms with Crippen molar-refractivity contribution in [2.75, 3.05) is 6.54 Å². The van der Waals surface area contributed by atoms with Gasteiger partial charge in [0, 0.05) is 4.47 Å². The van der Waals surface area contributed by atoms with Gasteiger partial charge in [0.15, 0.2) is 0 Å². The molecular formula is C16H19BrN2O4. The lowest BCUT2D eigenvalue weighted by atomic mass is 9.92. The highest BCUT2D eigenvalue weighted by atomic mass is 79.9. The van der Waals surface area contributed by atoms with Crippen LogP contribution in [0, 0.1) is 0 Å². The molecule has 1 aromatic carbocycles. The molecule has 0 aromatic heterocycles. The lowest BCUT2D eigenvalue weighted by Crippen LogP contribution is -2.42. The van der Waals surface area contributed by atoms with E-state index in [0.29, 0.717) is 5.56 Å². The average molecular weight is 383 g/mol. The maximum absolute atomic E-state index is 12.7. The highest BCUT2D eigenvalue weighted by Gasteiger charge is 2.49. The van der Waals surface area contributed by atoms with Crippen LogP contribution in [0.3, 0.4) is 0 Å². The summed E-state index contributed by atoms with van der Waals surface area (Å²) in [5.41, 5.74) is -1.25. The first-order chi connectivity index (χ1) is 10.5. The van der Waals surface area contributed by atoms with Crippen LogP contribution in [-0.2, 0) is 19.9 Å². The van der Waals surface area contributed by atoms with E-state index in [1.54, 1.807) is 45.9 Å². The number of benzene rings is 1. The van der Waals surface area contributed by atoms with E-state index in [1.165, 1.54) is 0 Å².